The molecule has 2 fully saturated rings. The summed E-state index contributed by atoms with van der Waals surface area (Å²) in [6, 6.07) is 17.2. The minimum absolute atomic E-state index is 0.0692. The smallest absolute Gasteiger partial charge is 0.246 e. The van der Waals surface area contributed by atoms with Gasteiger partial charge in [0.1, 0.15) is 12.1 Å². The van der Waals surface area contributed by atoms with E-state index < -0.39 is 6.04 Å². The number of H-pyrrole nitrogens is 1. The number of hydrogen-bond acceptors (Lipinski definition) is 3. The maximum absolute atomic E-state index is 13.5. The monoisotopic (exact) mass is 415 g/mol. The summed E-state index contributed by atoms with van der Waals surface area (Å²) in [5.41, 5.74) is 4.29. The summed E-state index contributed by atoms with van der Waals surface area (Å²) in [5.74, 6) is 0.158. The van der Waals surface area contributed by atoms with Crippen molar-refractivity contribution in [3.05, 3.63) is 71.4 Å². The number of piperazine rings is 1. The first-order chi connectivity index (χ1) is 15.2. The zero-order chi connectivity index (χ0) is 20.9. The van der Waals surface area contributed by atoms with Crippen molar-refractivity contribution in [2.24, 2.45) is 0 Å². The molecule has 0 unspecified atom stereocenters. The zero-order valence-corrected chi connectivity index (χ0v) is 17.3. The number of ether oxygens (including phenoxy) is 1. The van der Waals surface area contributed by atoms with Crippen molar-refractivity contribution in [3.63, 3.8) is 0 Å². The molecule has 6 heteroatoms. The Morgan fingerprint density at radius 3 is 2.65 bits per heavy atom. The first kappa shape index (κ1) is 18.6. The minimum Gasteiger partial charge on any atom is -0.374 e. The fraction of sp³-hybridized carbons (Fsp3) is 0.360. The first-order valence-corrected chi connectivity index (χ1v) is 11.1. The van der Waals surface area contributed by atoms with Crippen LogP contribution in [0.2, 0.25) is 0 Å². The predicted octanol–water partition coefficient (Wildman–Crippen LogP) is 3.18. The fourth-order valence-electron chi connectivity index (χ4n) is 5.56. The van der Waals surface area contributed by atoms with Crippen molar-refractivity contribution in [2.45, 2.75) is 44.0 Å². The molecule has 0 aliphatic carbocycles. The molecule has 1 aromatic heterocycles. The van der Waals surface area contributed by atoms with Gasteiger partial charge in [-0.05, 0) is 30.0 Å². The van der Waals surface area contributed by atoms with E-state index in [1.807, 2.05) is 52.3 Å². The van der Waals surface area contributed by atoms with E-state index in [1.54, 1.807) is 0 Å². The van der Waals surface area contributed by atoms with Gasteiger partial charge in [0.15, 0.2) is 0 Å². The van der Waals surface area contributed by atoms with Crippen LogP contribution in [0.1, 0.15) is 35.7 Å². The number of amides is 2. The van der Waals surface area contributed by atoms with Crippen LogP contribution < -0.4 is 0 Å². The van der Waals surface area contributed by atoms with Crippen molar-refractivity contribution < 1.29 is 14.3 Å². The van der Waals surface area contributed by atoms with E-state index in [2.05, 4.69) is 17.1 Å². The van der Waals surface area contributed by atoms with Crippen LogP contribution in [-0.2, 0) is 27.4 Å². The van der Waals surface area contributed by atoms with E-state index in [-0.39, 0.29) is 23.9 Å². The third kappa shape index (κ3) is 2.89. The van der Waals surface area contributed by atoms with Crippen LogP contribution in [0.4, 0.5) is 0 Å². The van der Waals surface area contributed by atoms with Crippen LogP contribution in [0, 0.1) is 0 Å². The highest BCUT2D eigenvalue weighted by Crippen LogP contribution is 2.42. The molecule has 4 heterocycles. The number of carbonyl (C=O) groups is 2. The second-order valence-electron chi connectivity index (χ2n) is 8.73. The van der Waals surface area contributed by atoms with Crippen LogP contribution >= 0.6 is 0 Å². The summed E-state index contributed by atoms with van der Waals surface area (Å²) < 4.78 is 6.12. The van der Waals surface area contributed by atoms with Gasteiger partial charge in [-0.2, -0.15) is 0 Å². The number of hydrogen-bond donors (Lipinski definition) is 1. The predicted molar refractivity (Wildman–Crippen MR) is 116 cm³/mol. The molecule has 3 aliphatic heterocycles. The van der Waals surface area contributed by atoms with Crippen molar-refractivity contribution in [1.29, 1.82) is 0 Å². The van der Waals surface area contributed by atoms with E-state index >= 15 is 0 Å². The molecular weight excluding hydrogens is 390 g/mol. The van der Waals surface area contributed by atoms with Crippen LogP contribution in [0.3, 0.4) is 0 Å². The lowest BCUT2D eigenvalue weighted by molar-refractivity contribution is -0.165. The van der Waals surface area contributed by atoms with Gasteiger partial charge in [-0.3, -0.25) is 9.59 Å². The quantitative estimate of drug-likeness (QED) is 0.712. The molecule has 0 saturated carbocycles. The number of carbonyl (C=O) groups excluding carboxylic acids is 2. The fourth-order valence-corrected chi connectivity index (χ4v) is 5.56. The Hall–Kier alpha value is -3.12. The van der Waals surface area contributed by atoms with Gasteiger partial charge < -0.3 is 19.5 Å². The number of fused-ring (bicyclic) bond motifs is 5. The van der Waals surface area contributed by atoms with Gasteiger partial charge >= 0.3 is 0 Å². The second-order valence-corrected chi connectivity index (χ2v) is 8.73. The Labute approximate surface area is 180 Å². The first-order valence-electron chi connectivity index (χ1n) is 11.1. The average molecular weight is 415 g/mol. The van der Waals surface area contributed by atoms with Crippen molar-refractivity contribution >= 4 is 22.7 Å². The summed E-state index contributed by atoms with van der Waals surface area (Å²) in [6.07, 6.45) is 2.21. The van der Waals surface area contributed by atoms with E-state index in [0.717, 1.165) is 40.6 Å². The molecule has 2 aromatic carbocycles. The third-order valence-corrected chi connectivity index (χ3v) is 7.00. The van der Waals surface area contributed by atoms with E-state index in [0.29, 0.717) is 26.2 Å². The number of nitrogens with zero attached hydrogens (tertiary/aromatic N) is 2. The Morgan fingerprint density at radius 2 is 1.77 bits per heavy atom. The molecule has 3 atom stereocenters. The molecule has 2 amide bonds. The van der Waals surface area contributed by atoms with E-state index in [9.17, 15) is 9.59 Å². The summed E-state index contributed by atoms with van der Waals surface area (Å²) in [7, 11) is 0. The van der Waals surface area contributed by atoms with Gasteiger partial charge in [0.05, 0.1) is 19.3 Å². The number of aromatic nitrogens is 1. The van der Waals surface area contributed by atoms with Crippen LogP contribution in [-0.4, -0.2) is 51.8 Å². The van der Waals surface area contributed by atoms with Crippen molar-refractivity contribution in [1.82, 2.24) is 14.8 Å². The van der Waals surface area contributed by atoms with Gasteiger partial charge in [-0.15, -0.1) is 0 Å². The maximum Gasteiger partial charge on any atom is 0.246 e. The molecule has 6 rings (SSSR count). The number of para-hydroxylation sites is 1. The third-order valence-electron chi connectivity index (χ3n) is 7.00. The molecule has 0 spiro atoms. The van der Waals surface area contributed by atoms with Crippen molar-refractivity contribution in [2.75, 3.05) is 13.2 Å². The van der Waals surface area contributed by atoms with Gasteiger partial charge in [0.25, 0.3) is 0 Å². The number of aromatic amines is 1. The van der Waals surface area contributed by atoms with Crippen molar-refractivity contribution in [3.8, 4) is 0 Å². The minimum atomic E-state index is -0.445. The second kappa shape index (κ2) is 7.24. The molecule has 0 radical (unpaired) electrons. The highest BCUT2D eigenvalue weighted by Gasteiger charge is 2.52. The van der Waals surface area contributed by atoms with Crippen LogP contribution in [0.5, 0.6) is 0 Å². The van der Waals surface area contributed by atoms with Gasteiger partial charge in [0, 0.05) is 29.6 Å². The topological polar surface area (TPSA) is 65.6 Å². The molecule has 0 bridgehead atoms. The standard InChI is InChI=1S/C25H25N3O3/c29-24-21-13-18-17-9-4-5-10-19(17)26-23(18)22(15-31-14-16-7-2-1-3-8-16)28(21)25(30)20-11-6-12-27(20)24/h1-5,7-10,20-22,26H,6,11-15H2/t20-,21-,22-/m0/s1. The molecule has 1 N–H and O–H groups in total. The molecular formula is C25H25N3O3. The lowest BCUT2D eigenvalue weighted by atomic mass is 9.88. The molecule has 3 aliphatic rings. The highest BCUT2D eigenvalue weighted by atomic mass is 16.5. The number of benzene rings is 2. The van der Waals surface area contributed by atoms with Gasteiger partial charge in [-0.25, -0.2) is 0 Å². The van der Waals surface area contributed by atoms with Crippen LogP contribution in [0.25, 0.3) is 10.9 Å². The average Bonchev–Trinajstić information content (AvgIpc) is 3.43. The van der Waals surface area contributed by atoms with Gasteiger partial charge in [-0.1, -0.05) is 48.5 Å². The summed E-state index contributed by atoms with van der Waals surface area (Å²) in [6.45, 7) is 1.52. The summed E-state index contributed by atoms with van der Waals surface area (Å²) in [5, 5.41) is 1.13. The van der Waals surface area contributed by atoms with E-state index in [4.69, 9.17) is 4.74 Å². The Balaban J connectivity index is 1.38. The largest absolute Gasteiger partial charge is 0.374 e. The SMILES string of the molecule is O=C1[C@@H]2Cc3c([nH]c4ccccc34)[C@H](COCc3ccccc3)N2C(=O)[C@@H]2CCCN12. The highest BCUT2D eigenvalue weighted by molar-refractivity contribution is 5.99. The van der Waals surface area contributed by atoms with Crippen LogP contribution in [0.15, 0.2) is 54.6 Å². The Morgan fingerprint density at radius 1 is 0.968 bits per heavy atom. The molecule has 2 saturated heterocycles. The zero-order valence-electron chi connectivity index (χ0n) is 17.3. The maximum atomic E-state index is 13.5. The molecule has 3 aromatic rings. The Bertz CT molecular complexity index is 1160. The summed E-state index contributed by atoms with van der Waals surface area (Å²) in [4.78, 5) is 34.1. The summed E-state index contributed by atoms with van der Waals surface area (Å²) >= 11 is 0. The number of nitrogens with one attached hydrogen (secondary N) is 1. The van der Waals surface area contributed by atoms with Gasteiger partial charge in [0.2, 0.25) is 11.8 Å². The number of rotatable bonds is 4. The molecule has 158 valence electrons. The van der Waals surface area contributed by atoms with E-state index in [1.165, 1.54) is 0 Å². The molecule has 31 heavy (non-hydrogen) atoms. The normalized spacial score (nSPS) is 25.0. The Kier molecular flexibility index (Phi) is 4.35. The lowest BCUT2D eigenvalue weighted by Crippen LogP contribution is -2.65. The lowest BCUT2D eigenvalue weighted by Gasteiger charge is -2.48. The molecule has 6 nitrogen and oxygen atoms in total.